The Balaban J connectivity index is 2.56. The largest absolute Gasteiger partial charge is 0.497 e. The number of unbranched alkanes of at least 4 members (excludes halogenated alkanes) is 2. The number of benzene rings is 1. The topological polar surface area (TPSA) is 54.0 Å². The number of hydrogen-bond acceptors (Lipinski definition) is 5. The van der Waals surface area contributed by atoms with Crippen molar-refractivity contribution < 1.29 is 24.0 Å². The lowest BCUT2D eigenvalue weighted by atomic mass is 10.2. The maximum absolute atomic E-state index is 11.8. The van der Waals surface area contributed by atoms with Crippen molar-refractivity contribution >= 4 is 5.97 Å². The van der Waals surface area contributed by atoms with E-state index in [2.05, 4.69) is 6.92 Å². The fourth-order valence-corrected chi connectivity index (χ4v) is 1.44. The summed E-state index contributed by atoms with van der Waals surface area (Å²) in [6.45, 7) is 4.07. The molecule has 0 aromatic heterocycles. The van der Waals surface area contributed by atoms with Gasteiger partial charge in [0.25, 0.3) is 0 Å². The van der Waals surface area contributed by atoms with Crippen LogP contribution in [0.4, 0.5) is 0 Å². The minimum Gasteiger partial charge on any atom is -0.497 e. The molecule has 0 spiro atoms. The van der Waals surface area contributed by atoms with Gasteiger partial charge in [0, 0.05) is 6.07 Å². The lowest BCUT2D eigenvalue weighted by Gasteiger charge is -2.09. The molecule has 1 rings (SSSR count). The van der Waals surface area contributed by atoms with Crippen LogP contribution in [0.3, 0.4) is 0 Å². The molecule has 1 aromatic carbocycles. The van der Waals surface area contributed by atoms with Crippen molar-refractivity contribution in [3.05, 3.63) is 30.7 Å². The van der Waals surface area contributed by atoms with E-state index in [9.17, 15) is 4.79 Å². The van der Waals surface area contributed by atoms with Crippen LogP contribution in [0.5, 0.6) is 11.5 Å². The van der Waals surface area contributed by atoms with E-state index in [-0.39, 0.29) is 0 Å². The highest BCUT2D eigenvalue weighted by Gasteiger charge is 2.15. The zero-order valence-electron chi connectivity index (χ0n) is 11.3. The Bertz CT molecular complexity index is 403. The molecule has 105 valence electrons. The zero-order chi connectivity index (χ0) is 14.1. The van der Waals surface area contributed by atoms with E-state index < -0.39 is 5.97 Å². The molecule has 0 amide bonds. The van der Waals surface area contributed by atoms with Crippen molar-refractivity contribution in [2.24, 2.45) is 0 Å². The van der Waals surface area contributed by atoms with Gasteiger partial charge >= 0.3 is 5.97 Å². The highest BCUT2D eigenvalue weighted by Crippen LogP contribution is 2.25. The Labute approximate surface area is 113 Å². The third-order valence-corrected chi connectivity index (χ3v) is 2.49. The van der Waals surface area contributed by atoms with Gasteiger partial charge in [-0.05, 0) is 18.6 Å². The van der Waals surface area contributed by atoms with Gasteiger partial charge in [0.2, 0.25) is 0 Å². The smallest absolute Gasteiger partial charge is 0.376 e. The molecule has 0 heterocycles. The van der Waals surface area contributed by atoms with E-state index in [1.54, 1.807) is 25.3 Å². The average Bonchev–Trinajstić information content (AvgIpc) is 2.46. The predicted molar refractivity (Wildman–Crippen MR) is 70.1 cm³/mol. The van der Waals surface area contributed by atoms with E-state index >= 15 is 0 Å². The highest BCUT2D eigenvalue weighted by molar-refractivity contribution is 5.92. The van der Waals surface area contributed by atoms with E-state index in [4.69, 9.17) is 19.2 Å². The molecule has 0 bridgehead atoms. The van der Waals surface area contributed by atoms with Crippen LogP contribution in [0.25, 0.3) is 0 Å². The van der Waals surface area contributed by atoms with Crippen molar-refractivity contribution in [3.63, 3.8) is 0 Å². The van der Waals surface area contributed by atoms with Crippen molar-refractivity contribution in [3.8, 4) is 11.5 Å². The first kappa shape index (κ1) is 15.3. The number of methoxy groups -OCH3 is 2. The van der Waals surface area contributed by atoms with E-state index in [1.807, 2.05) is 0 Å². The minimum absolute atomic E-state index is 0.292. The molecule has 0 saturated carbocycles. The Hall–Kier alpha value is -1.75. The summed E-state index contributed by atoms with van der Waals surface area (Å²) < 4.78 is 10.2. The second-order valence-electron chi connectivity index (χ2n) is 3.82. The number of ether oxygens (including phenoxy) is 2. The minimum atomic E-state index is -0.589. The van der Waals surface area contributed by atoms with Crippen LogP contribution >= 0.6 is 0 Å². The van der Waals surface area contributed by atoms with Crippen molar-refractivity contribution in [2.75, 3.05) is 20.8 Å². The maximum atomic E-state index is 11.8. The van der Waals surface area contributed by atoms with Crippen molar-refractivity contribution in [1.29, 1.82) is 0 Å². The molecule has 19 heavy (non-hydrogen) atoms. The molecule has 0 atom stereocenters. The molecule has 0 aliphatic rings. The molecule has 0 N–H and O–H groups in total. The number of carbonyl (C=O) groups is 1. The number of carbonyl (C=O) groups excluding carboxylic acids is 1. The molecule has 0 unspecified atom stereocenters. The first-order chi connectivity index (χ1) is 9.22. The molecular weight excluding hydrogens is 248 g/mol. The molecule has 0 saturated heterocycles. The average molecular weight is 267 g/mol. The Kier molecular flexibility index (Phi) is 6.74. The first-order valence-corrected chi connectivity index (χ1v) is 6.08. The number of hydrogen-bond donors (Lipinski definition) is 0. The van der Waals surface area contributed by atoms with Gasteiger partial charge in [-0.25, -0.2) is 4.79 Å². The van der Waals surface area contributed by atoms with Crippen molar-refractivity contribution in [2.45, 2.75) is 19.3 Å². The van der Waals surface area contributed by atoms with Gasteiger partial charge in [0.15, 0.2) is 0 Å². The van der Waals surface area contributed by atoms with Crippen LogP contribution in [0.1, 0.15) is 29.6 Å². The van der Waals surface area contributed by atoms with E-state index in [1.165, 1.54) is 7.11 Å². The highest BCUT2D eigenvalue weighted by atomic mass is 17.2. The second-order valence-corrected chi connectivity index (χ2v) is 3.82. The zero-order valence-corrected chi connectivity index (χ0v) is 11.3. The maximum Gasteiger partial charge on any atom is 0.376 e. The molecule has 5 nitrogen and oxygen atoms in total. The molecule has 0 fully saturated rings. The Morgan fingerprint density at radius 1 is 1.21 bits per heavy atom. The SMILES string of the molecule is [CH2]CCCCOOC(=O)c1ccc(OC)cc1OC. The Morgan fingerprint density at radius 3 is 2.63 bits per heavy atom. The fraction of sp³-hybridized carbons (Fsp3) is 0.429. The molecule has 1 aromatic rings. The summed E-state index contributed by atoms with van der Waals surface area (Å²) in [7, 11) is 3.01. The molecule has 0 aliphatic heterocycles. The van der Waals surface area contributed by atoms with Crippen LogP contribution in [-0.2, 0) is 9.78 Å². The number of rotatable bonds is 8. The molecule has 1 radical (unpaired) electrons. The van der Waals surface area contributed by atoms with Crippen LogP contribution in [0.2, 0.25) is 0 Å². The van der Waals surface area contributed by atoms with Crippen LogP contribution < -0.4 is 9.47 Å². The predicted octanol–water partition coefficient (Wildman–Crippen LogP) is 2.80. The third-order valence-electron chi connectivity index (χ3n) is 2.49. The van der Waals surface area contributed by atoms with Gasteiger partial charge in [-0.1, -0.05) is 19.8 Å². The van der Waals surface area contributed by atoms with Gasteiger partial charge in [-0.15, -0.1) is 0 Å². The Morgan fingerprint density at radius 2 is 2.00 bits per heavy atom. The van der Waals surface area contributed by atoms with Gasteiger partial charge in [0.05, 0.1) is 20.8 Å². The summed E-state index contributed by atoms with van der Waals surface area (Å²) in [4.78, 5) is 21.3. The van der Waals surface area contributed by atoms with Crippen LogP contribution in [-0.4, -0.2) is 26.8 Å². The van der Waals surface area contributed by atoms with Gasteiger partial charge in [-0.2, -0.15) is 4.89 Å². The van der Waals surface area contributed by atoms with E-state index in [0.29, 0.717) is 23.7 Å². The molecular formula is C14H19O5. The van der Waals surface area contributed by atoms with Crippen molar-refractivity contribution in [1.82, 2.24) is 0 Å². The molecule has 0 aliphatic carbocycles. The fourth-order valence-electron chi connectivity index (χ4n) is 1.44. The van der Waals surface area contributed by atoms with Gasteiger partial charge < -0.3 is 9.47 Å². The second kappa shape index (κ2) is 8.37. The monoisotopic (exact) mass is 267 g/mol. The van der Waals surface area contributed by atoms with Crippen LogP contribution in [0.15, 0.2) is 18.2 Å². The summed E-state index contributed by atoms with van der Waals surface area (Å²) >= 11 is 0. The van der Waals surface area contributed by atoms with Gasteiger partial charge in [0.1, 0.15) is 17.1 Å². The third kappa shape index (κ3) is 4.79. The summed E-state index contributed by atoms with van der Waals surface area (Å²) in [6.07, 6.45) is 2.57. The normalized spacial score (nSPS) is 10.1. The standard InChI is InChI=1S/C14H19O5/c1-4-5-6-9-18-19-14(15)12-8-7-11(16-2)10-13(12)17-3/h7-8,10H,1,4-6,9H2,2-3H3. The lowest BCUT2D eigenvalue weighted by Crippen LogP contribution is -2.08. The lowest BCUT2D eigenvalue weighted by molar-refractivity contribution is -0.241. The summed E-state index contributed by atoms with van der Waals surface area (Å²) in [5, 5.41) is 0. The van der Waals surface area contributed by atoms with E-state index in [0.717, 1.165) is 19.3 Å². The summed E-state index contributed by atoms with van der Waals surface area (Å²) in [5.41, 5.74) is 0.292. The quantitative estimate of drug-likeness (QED) is 0.412. The van der Waals surface area contributed by atoms with Crippen LogP contribution in [0, 0.1) is 6.92 Å². The molecule has 5 heteroatoms. The first-order valence-electron chi connectivity index (χ1n) is 6.08. The van der Waals surface area contributed by atoms with Gasteiger partial charge in [-0.3, -0.25) is 4.89 Å². The summed E-state index contributed by atoms with van der Waals surface area (Å²) in [6, 6.07) is 4.83. The summed E-state index contributed by atoms with van der Waals surface area (Å²) in [5.74, 6) is 0.393.